The number of hydrogen-bond acceptors (Lipinski definition) is 3. The highest BCUT2D eigenvalue weighted by atomic mass is 127. The van der Waals surface area contributed by atoms with Gasteiger partial charge in [-0.3, -0.25) is 0 Å². The zero-order valence-corrected chi connectivity index (χ0v) is 15.6. The lowest BCUT2D eigenvalue weighted by atomic mass is 10.1. The lowest BCUT2D eigenvalue weighted by molar-refractivity contribution is 0.887. The van der Waals surface area contributed by atoms with Gasteiger partial charge in [0.05, 0.1) is 9.26 Å². The minimum absolute atomic E-state index is 0.640. The van der Waals surface area contributed by atoms with Crippen molar-refractivity contribution in [3.8, 4) is 0 Å². The van der Waals surface area contributed by atoms with Gasteiger partial charge in [-0.15, -0.1) is 0 Å². The first-order valence-corrected chi connectivity index (χ1v) is 9.09. The molecule has 1 aromatic heterocycles. The van der Waals surface area contributed by atoms with Crippen LogP contribution < -0.4 is 5.32 Å². The molecule has 1 saturated carbocycles. The van der Waals surface area contributed by atoms with Crippen molar-refractivity contribution in [3.63, 3.8) is 0 Å². The molecule has 0 unspecified atom stereocenters. The smallest absolute Gasteiger partial charge is 0.143 e. The normalized spacial score (nSPS) is 14.2. The molecule has 0 radical (unpaired) electrons. The van der Waals surface area contributed by atoms with Crippen LogP contribution in [0.5, 0.6) is 0 Å². The lowest BCUT2D eigenvalue weighted by Crippen LogP contribution is -2.09. The molecule has 1 aromatic carbocycles. The van der Waals surface area contributed by atoms with Crippen LogP contribution in [0.4, 0.5) is 5.82 Å². The van der Waals surface area contributed by atoms with Crippen molar-refractivity contribution >= 4 is 44.3 Å². The zero-order chi connectivity index (χ0) is 14.8. The standard InChI is InChI=1S/C16H17BrIN3/c1-2-19-16-14(18)15(11-5-6-11)20-13(21-16)9-10-3-7-12(17)8-4-10/h3-4,7-8,11H,2,5-6,9H2,1H3,(H,19,20,21). The number of anilines is 1. The molecule has 2 aromatic rings. The van der Waals surface area contributed by atoms with Gasteiger partial charge in [-0.2, -0.15) is 0 Å². The van der Waals surface area contributed by atoms with E-state index in [2.05, 4.69) is 75.0 Å². The van der Waals surface area contributed by atoms with E-state index in [0.717, 1.165) is 29.1 Å². The number of hydrogen-bond donors (Lipinski definition) is 1. The molecule has 0 amide bonds. The predicted octanol–water partition coefficient (Wildman–Crippen LogP) is 4.74. The van der Waals surface area contributed by atoms with Gasteiger partial charge in [-0.1, -0.05) is 28.1 Å². The molecule has 0 aliphatic heterocycles. The minimum atomic E-state index is 0.640. The second-order valence-corrected chi connectivity index (χ2v) is 7.29. The van der Waals surface area contributed by atoms with Crippen molar-refractivity contribution in [3.05, 3.63) is 49.4 Å². The number of halogens is 2. The average molecular weight is 458 g/mol. The first-order valence-electron chi connectivity index (χ1n) is 7.22. The summed E-state index contributed by atoms with van der Waals surface area (Å²) in [5, 5.41) is 3.37. The van der Waals surface area contributed by atoms with E-state index >= 15 is 0 Å². The van der Waals surface area contributed by atoms with Crippen molar-refractivity contribution in [2.75, 3.05) is 11.9 Å². The predicted molar refractivity (Wildman–Crippen MR) is 97.8 cm³/mol. The molecule has 0 saturated heterocycles. The first-order chi connectivity index (χ1) is 10.2. The Balaban J connectivity index is 1.91. The number of benzene rings is 1. The molecule has 5 heteroatoms. The van der Waals surface area contributed by atoms with Gasteiger partial charge in [-0.05, 0) is 60.1 Å². The Labute approximate surface area is 147 Å². The van der Waals surface area contributed by atoms with E-state index < -0.39 is 0 Å². The molecule has 1 N–H and O–H groups in total. The highest BCUT2D eigenvalue weighted by molar-refractivity contribution is 14.1. The van der Waals surface area contributed by atoms with Crippen molar-refractivity contribution in [2.45, 2.75) is 32.1 Å². The molecule has 1 fully saturated rings. The van der Waals surface area contributed by atoms with Gasteiger partial charge in [0, 0.05) is 23.4 Å². The molecule has 0 atom stereocenters. The third kappa shape index (κ3) is 3.74. The topological polar surface area (TPSA) is 37.8 Å². The van der Waals surface area contributed by atoms with Gasteiger partial charge >= 0.3 is 0 Å². The van der Waals surface area contributed by atoms with Crippen LogP contribution in [0.15, 0.2) is 28.7 Å². The van der Waals surface area contributed by atoms with Crippen LogP contribution in [-0.4, -0.2) is 16.5 Å². The van der Waals surface area contributed by atoms with E-state index in [4.69, 9.17) is 9.97 Å². The Hall–Kier alpha value is -0.690. The van der Waals surface area contributed by atoms with Crippen LogP contribution in [0, 0.1) is 3.57 Å². The van der Waals surface area contributed by atoms with E-state index in [1.165, 1.54) is 27.7 Å². The highest BCUT2D eigenvalue weighted by Crippen LogP contribution is 2.42. The van der Waals surface area contributed by atoms with E-state index in [9.17, 15) is 0 Å². The molecular formula is C16H17BrIN3. The van der Waals surface area contributed by atoms with E-state index in [1.807, 2.05) is 0 Å². The Bertz CT molecular complexity index is 639. The van der Waals surface area contributed by atoms with Gasteiger partial charge in [0.1, 0.15) is 11.6 Å². The largest absolute Gasteiger partial charge is 0.369 e. The summed E-state index contributed by atoms with van der Waals surface area (Å²) in [5.41, 5.74) is 2.47. The molecule has 1 aliphatic carbocycles. The first kappa shape index (κ1) is 15.2. The average Bonchev–Trinajstić information content (AvgIpc) is 3.29. The summed E-state index contributed by atoms with van der Waals surface area (Å²) in [7, 11) is 0. The fourth-order valence-electron chi connectivity index (χ4n) is 2.29. The molecule has 1 aliphatic rings. The van der Waals surface area contributed by atoms with Gasteiger partial charge < -0.3 is 5.32 Å². The van der Waals surface area contributed by atoms with Crippen LogP contribution >= 0.6 is 38.5 Å². The number of nitrogens with one attached hydrogen (secondary N) is 1. The summed E-state index contributed by atoms with van der Waals surface area (Å²) in [4.78, 5) is 9.53. The van der Waals surface area contributed by atoms with Gasteiger partial charge in [-0.25, -0.2) is 9.97 Å². The third-order valence-electron chi connectivity index (χ3n) is 3.51. The van der Waals surface area contributed by atoms with E-state index in [-0.39, 0.29) is 0 Å². The summed E-state index contributed by atoms with van der Waals surface area (Å²) < 4.78 is 2.29. The molecule has 1 heterocycles. The SMILES string of the molecule is CCNc1nc(Cc2ccc(Br)cc2)nc(C2CC2)c1I. The van der Waals surface area contributed by atoms with Crippen LogP contribution in [0.3, 0.4) is 0 Å². The molecule has 3 rings (SSSR count). The van der Waals surface area contributed by atoms with E-state index in [1.54, 1.807) is 0 Å². The second kappa shape index (κ2) is 6.60. The molecular weight excluding hydrogens is 441 g/mol. The van der Waals surface area contributed by atoms with Gasteiger partial charge in [0.15, 0.2) is 0 Å². The summed E-state index contributed by atoms with van der Waals surface area (Å²) in [6, 6.07) is 8.37. The maximum atomic E-state index is 4.82. The quantitative estimate of drug-likeness (QED) is 0.658. The number of nitrogens with zero attached hydrogens (tertiary/aromatic N) is 2. The van der Waals surface area contributed by atoms with Crippen molar-refractivity contribution in [2.24, 2.45) is 0 Å². The van der Waals surface area contributed by atoms with Crippen molar-refractivity contribution in [1.82, 2.24) is 9.97 Å². The zero-order valence-electron chi connectivity index (χ0n) is 11.9. The summed E-state index contributed by atoms with van der Waals surface area (Å²) in [5.74, 6) is 2.54. The summed E-state index contributed by atoms with van der Waals surface area (Å²) in [6.45, 7) is 2.98. The van der Waals surface area contributed by atoms with Gasteiger partial charge in [0.2, 0.25) is 0 Å². The maximum Gasteiger partial charge on any atom is 0.143 e. The highest BCUT2D eigenvalue weighted by Gasteiger charge is 2.29. The number of rotatable bonds is 5. The third-order valence-corrected chi connectivity index (χ3v) is 5.10. The van der Waals surface area contributed by atoms with Crippen molar-refractivity contribution in [1.29, 1.82) is 0 Å². The van der Waals surface area contributed by atoms with E-state index in [0.29, 0.717) is 5.92 Å². The van der Waals surface area contributed by atoms with Crippen LogP contribution in [-0.2, 0) is 6.42 Å². The Morgan fingerprint density at radius 2 is 1.95 bits per heavy atom. The summed E-state index contributed by atoms with van der Waals surface area (Å²) >= 11 is 5.85. The van der Waals surface area contributed by atoms with Crippen LogP contribution in [0.2, 0.25) is 0 Å². The second-order valence-electron chi connectivity index (χ2n) is 5.30. The monoisotopic (exact) mass is 457 g/mol. The fourth-order valence-corrected chi connectivity index (χ4v) is 3.42. The van der Waals surface area contributed by atoms with Crippen LogP contribution in [0.25, 0.3) is 0 Å². The Kier molecular flexibility index (Phi) is 4.78. The van der Waals surface area contributed by atoms with Gasteiger partial charge in [0.25, 0.3) is 0 Å². The maximum absolute atomic E-state index is 4.82. The van der Waals surface area contributed by atoms with Crippen LogP contribution in [0.1, 0.15) is 42.8 Å². The molecule has 3 nitrogen and oxygen atoms in total. The fraction of sp³-hybridized carbons (Fsp3) is 0.375. The lowest BCUT2D eigenvalue weighted by Gasteiger charge is -2.12. The Morgan fingerprint density at radius 1 is 1.24 bits per heavy atom. The molecule has 21 heavy (non-hydrogen) atoms. The summed E-state index contributed by atoms with van der Waals surface area (Å²) in [6.07, 6.45) is 3.30. The Morgan fingerprint density at radius 3 is 2.57 bits per heavy atom. The minimum Gasteiger partial charge on any atom is -0.369 e. The van der Waals surface area contributed by atoms with Crippen molar-refractivity contribution < 1.29 is 0 Å². The molecule has 0 spiro atoms. The molecule has 110 valence electrons. The molecule has 0 bridgehead atoms. The number of aromatic nitrogens is 2.